The maximum absolute atomic E-state index is 12.8. The Hall–Kier alpha value is -4.11. The van der Waals surface area contributed by atoms with Crippen LogP contribution in [0.15, 0.2) is 54.9 Å². The van der Waals surface area contributed by atoms with Gasteiger partial charge < -0.3 is 15.7 Å². The summed E-state index contributed by atoms with van der Waals surface area (Å²) < 4.78 is 1.53. The highest BCUT2D eigenvalue weighted by Crippen LogP contribution is 2.44. The number of hydrogen-bond acceptors (Lipinski definition) is 7. The summed E-state index contributed by atoms with van der Waals surface area (Å²) in [7, 11) is 0. The van der Waals surface area contributed by atoms with E-state index in [0.29, 0.717) is 29.7 Å². The monoisotopic (exact) mass is 496 g/mol. The van der Waals surface area contributed by atoms with Crippen molar-refractivity contribution in [3.8, 4) is 22.4 Å². The first-order valence-corrected chi connectivity index (χ1v) is 12.6. The number of fused-ring (bicyclic) bond motifs is 3. The van der Waals surface area contributed by atoms with E-state index in [1.165, 1.54) is 11.4 Å². The third kappa shape index (κ3) is 3.86. The van der Waals surface area contributed by atoms with E-state index in [1.807, 2.05) is 47.4 Å². The summed E-state index contributed by atoms with van der Waals surface area (Å²) in [5, 5.41) is 13.9. The maximum Gasteiger partial charge on any atom is 0.248 e. The molecule has 188 valence electrons. The Morgan fingerprint density at radius 2 is 1.76 bits per heavy atom. The largest absolute Gasteiger partial charge is 0.387 e. The molecule has 9 heteroatoms. The van der Waals surface area contributed by atoms with Gasteiger partial charge in [-0.05, 0) is 38.7 Å². The molecule has 2 unspecified atom stereocenters. The molecular formula is C28H28N6O3. The number of nitrogens with two attached hydrogens (primary N) is 1. The number of nitrogen functional groups attached to an aromatic ring is 1. The molecule has 2 fully saturated rings. The summed E-state index contributed by atoms with van der Waals surface area (Å²) >= 11 is 0. The van der Waals surface area contributed by atoms with Crippen LogP contribution in [0, 0.1) is 0 Å². The van der Waals surface area contributed by atoms with E-state index >= 15 is 0 Å². The highest BCUT2D eigenvalue weighted by molar-refractivity contribution is 6.00. The SMILES string of the molecule is CC(=O)c1c(C2CC3CCC(C2)N3C(=O)CO)nc2c(-c3ccc(-c4ccccc4)nc3)cnn2c1N. The van der Waals surface area contributed by atoms with Crippen molar-refractivity contribution in [3.63, 3.8) is 0 Å². The average molecular weight is 497 g/mol. The molecule has 1 amide bonds. The average Bonchev–Trinajstić information content (AvgIpc) is 3.46. The third-order valence-electron chi connectivity index (χ3n) is 7.75. The smallest absolute Gasteiger partial charge is 0.248 e. The van der Waals surface area contributed by atoms with Gasteiger partial charge in [0.05, 0.1) is 23.1 Å². The molecule has 5 heterocycles. The summed E-state index contributed by atoms with van der Waals surface area (Å²) in [4.78, 5) is 36.6. The zero-order chi connectivity index (χ0) is 25.7. The lowest BCUT2D eigenvalue weighted by molar-refractivity contribution is -0.138. The van der Waals surface area contributed by atoms with Crippen LogP contribution in [0.1, 0.15) is 54.6 Å². The second-order valence-electron chi connectivity index (χ2n) is 9.92. The number of aromatic nitrogens is 4. The van der Waals surface area contributed by atoms with Gasteiger partial charge in [0.2, 0.25) is 5.91 Å². The summed E-state index contributed by atoms with van der Waals surface area (Å²) in [5.74, 6) is -0.138. The van der Waals surface area contributed by atoms with Gasteiger partial charge in [0.1, 0.15) is 12.4 Å². The first-order chi connectivity index (χ1) is 18.0. The molecular weight excluding hydrogens is 468 g/mol. The van der Waals surface area contributed by atoms with E-state index in [4.69, 9.17) is 10.7 Å². The molecule has 2 saturated heterocycles. The van der Waals surface area contributed by atoms with Gasteiger partial charge in [0.15, 0.2) is 11.4 Å². The van der Waals surface area contributed by atoms with Gasteiger partial charge in [-0.25, -0.2) is 4.98 Å². The van der Waals surface area contributed by atoms with Crippen LogP contribution >= 0.6 is 0 Å². The lowest BCUT2D eigenvalue weighted by Crippen LogP contribution is -2.47. The van der Waals surface area contributed by atoms with Crippen molar-refractivity contribution in [1.29, 1.82) is 0 Å². The number of piperidine rings is 1. The van der Waals surface area contributed by atoms with Crippen LogP contribution in [0.3, 0.4) is 0 Å². The highest BCUT2D eigenvalue weighted by atomic mass is 16.3. The zero-order valence-corrected chi connectivity index (χ0v) is 20.5. The number of ketones is 1. The number of amides is 1. The zero-order valence-electron chi connectivity index (χ0n) is 20.5. The molecule has 0 saturated carbocycles. The van der Waals surface area contributed by atoms with Gasteiger partial charge >= 0.3 is 0 Å². The molecule has 2 aliphatic heterocycles. The van der Waals surface area contributed by atoms with Crippen LogP contribution in [0.4, 0.5) is 5.82 Å². The Labute approximate surface area is 214 Å². The minimum absolute atomic E-state index is 0.0206. The van der Waals surface area contributed by atoms with Gasteiger partial charge in [-0.2, -0.15) is 9.61 Å². The van der Waals surface area contributed by atoms with E-state index < -0.39 is 6.61 Å². The molecule has 3 N–H and O–H groups in total. The third-order valence-corrected chi connectivity index (χ3v) is 7.75. The van der Waals surface area contributed by atoms with Crippen molar-refractivity contribution in [3.05, 3.63) is 66.1 Å². The predicted octanol–water partition coefficient (Wildman–Crippen LogP) is 3.47. The van der Waals surface area contributed by atoms with Gasteiger partial charge in [-0.1, -0.05) is 36.4 Å². The number of aliphatic hydroxyl groups excluding tert-OH is 1. The quantitative estimate of drug-likeness (QED) is 0.405. The summed E-state index contributed by atoms with van der Waals surface area (Å²) in [5.41, 5.74) is 11.7. The Morgan fingerprint density at radius 1 is 1.03 bits per heavy atom. The topological polar surface area (TPSA) is 127 Å². The van der Waals surface area contributed by atoms with Crippen LogP contribution in [-0.4, -0.2) is 60.0 Å². The molecule has 0 spiro atoms. The number of carbonyl (C=O) groups is 2. The number of carbonyl (C=O) groups excluding carboxylic acids is 2. The lowest BCUT2D eigenvalue weighted by Gasteiger charge is -2.39. The van der Waals surface area contributed by atoms with E-state index in [-0.39, 0.29) is 35.5 Å². The number of pyridine rings is 1. The van der Waals surface area contributed by atoms with E-state index in [0.717, 1.165) is 35.2 Å². The fourth-order valence-electron chi connectivity index (χ4n) is 6.11. The number of anilines is 1. The van der Waals surface area contributed by atoms with Gasteiger partial charge in [0.25, 0.3) is 0 Å². The molecule has 2 bridgehead atoms. The Kier molecular flexibility index (Phi) is 5.72. The van der Waals surface area contributed by atoms with Crippen molar-refractivity contribution < 1.29 is 14.7 Å². The maximum atomic E-state index is 12.8. The van der Waals surface area contributed by atoms with Gasteiger partial charge in [-0.3, -0.25) is 14.6 Å². The van der Waals surface area contributed by atoms with Crippen molar-refractivity contribution in [1.82, 2.24) is 24.5 Å². The molecule has 2 atom stereocenters. The van der Waals surface area contributed by atoms with E-state index in [2.05, 4.69) is 10.1 Å². The van der Waals surface area contributed by atoms with Crippen LogP contribution in [0.25, 0.3) is 28.0 Å². The van der Waals surface area contributed by atoms with E-state index in [1.54, 1.807) is 12.4 Å². The fourth-order valence-corrected chi connectivity index (χ4v) is 6.11. The second-order valence-corrected chi connectivity index (χ2v) is 9.92. The Bertz CT molecular complexity index is 1480. The Morgan fingerprint density at radius 3 is 2.38 bits per heavy atom. The molecule has 3 aromatic heterocycles. The number of benzene rings is 1. The lowest BCUT2D eigenvalue weighted by atomic mass is 9.85. The molecule has 2 aliphatic rings. The first-order valence-electron chi connectivity index (χ1n) is 12.6. The normalized spacial score (nSPS) is 20.9. The minimum atomic E-state index is -0.482. The van der Waals surface area contributed by atoms with Crippen molar-refractivity contribution in [2.75, 3.05) is 12.3 Å². The molecule has 4 aromatic rings. The van der Waals surface area contributed by atoms with Gasteiger partial charge in [-0.15, -0.1) is 0 Å². The summed E-state index contributed by atoms with van der Waals surface area (Å²) in [6.07, 6.45) is 6.64. The van der Waals surface area contributed by atoms with Crippen molar-refractivity contribution in [2.24, 2.45) is 0 Å². The van der Waals surface area contributed by atoms with Crippen molar-refractivity contribution in [2.45, 2.75) is 50.6 Å². The number of rotatable bonds is 5. The first kappa shape index (κ1) is 23.3. The van der Waals surface area contributed by atoms with E-state index in [9.17, 15) is 14.7 Å². The fraction of sp³-hybridized carbons (Fsp3) is 0.321. The molecule has 37 heavy (non-hydrogen) atoms. The second kappa shape index (κ2) is 9.08. The number of aliphatic hydroxyl groups is 1. The standard InChI is InChI=1S/C28H28N6O3/c1-16(36)25-26(19-11-20-8-9-21(12-19)33(20)24(37)15-35)32-28-22(14-31-34(28)27(25)29)18-7-10-23(30-13-18)17-5-3-2-4-6-17/h2-7,10,13-14,19-21,35H,8-9,11-12,15,29H2,1H3. The van der Waals surface area contributed by atoms with Crippen LogP contribution in [0.5, 0.6) is 0 Å². The number of nitrogens with zero attached hydrogens (tertiary/aromatic N) is 5. The van der Waals surface area contributed by atoms with Crippen LogP contribution < -0.4 is 5.73 Å². The van der Waals surface area contributed by atoms with Gasteiger partial charge in [0, 0.05) is 40.9 Å². The molecule has 0 radical (unpaired) electrons. The highest BCUT2D eigenvalue weighted by Gasteiger charge is 2.44. The molecule has 6 rings (SSSR count). The molecule has 0 aliphatic carbocycles. The molecule has 9 nitrogen and oxygen atoms in total. The Balaban J connectivity index is 1.41. The minimum Gasteiger partial charge on any atom is -0.387 e. The summed E-state index contributed by atoms with van der Waals surface area (Å²) in [6, 6.07) is 14.0. The number of hydrogen-bond donors (Lipinski definition) is 2. The van der Waals surface area contributed by atoms with Crippen molar-refractivity contribution >= 4 is 23.2 Å². The van der Waals surface area contributed by atoms with Crippen LogP contribution in [0.2, 0.25) is 0 Å². The number of Topliss-reactive ketones (excluding diaryl/α,β-unsaturated/α-hetero) is 1. The summed E-state index contributed by atoms with van der Waals surface area (Å²) in [6.45, 7) is 1.02. The predicted molar refractivity (Wildman–Crippen MR) is 139 cm³/mol. The molecule has 1 aromatic carbocycles. The van der Waals surface area contributed by atoms with Crippen LogP contribution in [-0.2, 0) is 4.79 Å².